The summed E-state index contributed by atoms with van der Waals surface area (Å²) in [5, 5.41) is 0.283. The molecule has 0 aliphatic heterocycles. The number of alkyl halides is 3. The summed E-state index contributed by atoms with van der Waals surface area (Å²) < 4.78 is 45.8. The van der Waals surface area contributed by atoms with Crippen LogP contribution in [0.4, 0.5) is 13.2 Å². The fourth-order valence-electron chi connectivity index (χ4n) is 1.46. The highest BCUT2D eigenvalue weighted by Gasteiger charge is 2.32. The number of hydrogen-bond donors (Lipinski definition) is 0. The van der Waals surface area contributed by atoms with Gasteiger partial charge in [-0.2, -0.15) is 0 Å². The zero-order valence-corrected chi connectivity index (χ0v) is 10.8. The maximum atomic E-state index is 12.2. The van der Waals surface area contributed by atoms with Gasteiger partial charge in [0.05, 0.1) is 5.69 Å². The summed E-state index contributed by atoms with van der Waals surface area (Å²) in [6, 6.07) is 10.4. The fourth-order valence-corrected chi connectivity index (χ4v) is 1.64. The van der Waals surface area contributed by atoms with Crippen LogP contribution < -0.4 is 9.47 Å². The molecule has 1 heterocycles. The Labute approximate surface area is 117 Å². The standard InChI is InChI=1S/C13H9ClF3NO2/c14-12-7-3-4-9(18-12)8-19-10-5-1-2-6-11(10)20-13(15,16)17/h1-7H,8H2. The first kappa shape index (κ1) is 14.5. The van der Waals surface area contributed by atoms with E-state index in [1.807, 2.05) is 0 Å². The molecule has 0 atom stereocenters. The van der Waals surface area contributed by atoms with E-state index in [0.29, 0.717) is 5.69 Å². The molecule has 0 saturated heterocycles. The third-order valence-electron chi connectivity index (χ3n) is 2.22. The van der Waals surface area contributed by atoms with Gasteiger partial charge in [-0.3, -0.25) is 0 Å². The molecule has 0 spiro atoms. The summed E-state index contributed by atoms with van der Waals surface area (Å²) in [6.45, 7) is -0.0151. The zero-order chi connectivity index (χ0) is 14.6. The molecule has 1 aromatic carbocycles. The summed E-state index contributed by atoms with van der Waals surface area (Å²) in [7, 11) is 0. The number of nitrogens with zero attached hydrogens (tertiary/aromatic N) is 1. The lowest BCUT2D eigenvalue weighted by molar-refractivity contribution is -0.275. The second-order valence-electron chi connectivity index (χ2n) is 3.73. The minimum absolute atomic E-state index is 0.0151. The van der Waals surface area contributed by atoms with Crippen molar-refractivity contribution in [3.63, 3.8) is 0 Å². The molecule has 2 aromatic rings. The van der Waals surface area contributed by atoms with Gasteiger partial charge in [0.2, 0.25) is 0 Å². The van der Waals surface area contributed by atoms with Gasteiger partial charge in [0.25, 0.3) is 0 Å². The number of halogens is 4. The Morgan fingerprint density at radius 3 is 2.35 bits per heavy atom. The van der Waals surface area contributed by atoms with Gasteiger partial charge < -0.3 is 9.47 Å². The van der Waals surface area contributed by atoms with Gasteiger partial charge in [0.15, 0.2) is 11.5 Å². The molecule has 0 amide bonds. The van der Waals surface area contributed by atoms with E-state index in [-0.39, 0.29) is 17.5 Å². The Bertz CT molecular complexity index is 590. The first-order chi connectivity index (χ1) is 9.44. The van der Waals surface area contributed by atoms with Crippen molar-refractivity contribution in [2.24, 2.45) is 0 Å². The van der Waals surface area contributed by atoms with E-state index in [1.165, 1.54) is 18.2 Å². The highest BCUT2D eigenvalue weighted by atomic mass is 35.5. The first-order valence-corrected chi connectivity index (χ1v) is 5.91. The summed E-state index contributed by atoms with van der Waals surface area (Å²) in [4.78, 5) is 3.97. The maximum absolute atomic E-state index is 12.2. The van der Waals surface area contributed by atoms with E-state index in [9.17, 15) is 13.2 Å². The predicted octanol–water partition coefficient (Wildman–Crippen LogP) is 4.21. The molecule has 20 heavy (non-hydrogen) atoms. The van der Waals surface area contributed by atoms with Gasteiger partial charge in [-0.15, -0.1) is 13.2 Å². The molecule has 0 saturated carbocycles. The molecule has 0 bridgehead atoms. The van der Waals surface area contributed by atoms with E-state index in [2.05, 4.69) is 9.72 Å². The smallest absolute Gasteiger partial charge is 0.483 e. The molecular weight excluding hydrogens is 295 g/mol. The highest BCUT2D eigenvalue weighted by molar-refractivity contribution is 6.29. The van der Waals surface area contributed by atoms with Crippen LogP contribution in [-0.4, -0.2) is 11.3 Å². The monoisotopic (exact) mass is 303 g/mol. The van der Waals surface area contributed by atoms with Crippen molar-refractivity contribution in [2.45, 2.75) is 13.0 Å². The summed E-state index contributed by atoms with van der Waals surface area (Å²) in [5.74, 6) is -0.423. The quantitative estimate of drug-likeness (QED) is 0.793. The van der Waals surface area contributed by atoms with Gasteiger partial charge in [0.1, 0.15) is 11.8 Å². The van der Waals surface area contributed by atoms with Crippen LogP contribution in [0.5, 0.6) is 11.5 Å². The predicted molar refractivity (Wildman–Crippen MR) is 66.7 cm³/mol. The van der Waals surface area contributed by atoms with Crippen LogP contribution >= 0.6 is 11.6 Å². The lowest BCUT2D eigenvalue weighted by atomic mass is 10.3. The summed E-state index contributed by atoms with van der Waals surface area (Å²) in [6.07, 6.45) is -4.77. The van der Waals surface area contributed by atoms with E-state index in [4.69, 9.17) is 16.3 Å². The topological polar surface area (TPSA) is 31.4 Å². The van der Waals surface area contributed by atoms with Crippen molar-refractivity contribution < 1.29 is 22.6 Å². The molecule has 106 valence electrons. The third kappa shape index (κ3) is 4.31. The van der Waals surface area contributed by atoms with Crippen molar-refractivity contribution in [2.75, 3.05) is 0 Å². The molecule has 7 heteroatoms. The van der Waals surface area contributed by atoms with E-state index in [1.54, 1.807) is 24.3 Å². The maximum Gasteiger partial charge on any atom is 0.573 e. The van der Waals surface area contributed by atoms with Gasteiger partial charge in [-0.05, 0) is 24.3 Å². The molecule has 2 rings (SSSR count). The number of hydrogen-bond acceptors (Lipinski definition) is 3. The Morgan fingerprint density at radius 1 is 1.00 bits per heavy atom. The summed E-state index contributed by atoms with van der Waals surface area (Å²) in [5.41, 5.74) is 0.499. The minimum atomic E-state index is -4.77. The van der Waals surface area contributed by atoms with Crippen molar-refractivity contribution in [3.05, 3.63) is 53.3 Å². The number of benzene rings is 1. The van der Waals surface area contributed by atoms with Gasteiger partial charge in [0, 0.05) is 0 Å². The number of pyridine rings is 1. The second-order valence-corrected chi connectivity index (χ2v) is 4.12. The molecule has 0 fully saturated rings. The van der Waals surface area contributed by atoms with Crippen LogP contribution in [0.25, 0.3) is 0 Å². The van der Waals surface area contributed by atoms with E-state index < -0.39 is 12.1 Å². The first-order valence-electron chi connectivity index (χ1n) is 5.53. The van der Waals surface area contributed by atoms with Gasteiger partial charge >= 0.3 is 6.36 Å². The molecule has 0 radical (unpaired) electrons. The lowest BCUT2D eigenvalue weighted by Gasteiger charge is -2.13. The van der Waals surface area contributed by atoms with Crippen molar-refractivity contribution in [3.8, 4) is 11.5 Å². The molecule has 1 aromatic heterocycles. The third-order valence-corrected chi connectivity index (χ3v) is 2.43. The van der Waals surface area contributed by atoms with E-state index >= 15 is 0 Å². The van der Waals surface area contributed by atoms with Crippen molar-refractivity contribution >= 4 is 11.6 Å². The number of ether oxygens (including phenoxy) is 2. The van der Waals surface area contributed by atoms with Crippen LogP contribution in [0.2, 0.25) is 5.15 Å². The number of para-hydroxylation sites is 2. The highest BCUT2D eigenvalue weighted by Crippen LogP contribution is 2.32. The lowest BCUT2D eigenvalue weighted by Crippen LogP contribution is -2.17. The SMILES string of the molecule is FC(F)(F)Oc1ccccc1OCc1cccc(Cl)n1. The molecule has 0 aliphatic carbocycles. The second kappa shape index (κ2) is 6.00. The van der Waals surface area contributed by atoms with Crippen molar-refractivity contribution in [1.29, 1.82) is 0 Å². The van der Waals surface area contributed by atoms with Crippen LogP contribution in [0.3, 0.4) is 0 Å². The average Bonchev–Trinajstić information content (AvgIpc) is 2.36. The molecule has 3 nitrogen and oxygen atoms in total. The van der Waals surface area contributed by atoms with Crippen LogP contribution in [-0.2, 0) is 6.61 Å². The van der Waals surface area contributed by atoms with E-state index in [0.717, 1.165) is 0 Å². The van der Waals surface area contributed by atoms with Crippen LogP contribution in [0.1, 0.15) is 5.69 Å². The summed E-state index contributed by atoms with van der Waals surface area (Å²) >= 11 is 5.70. The number of rotatable bonds is 4. The number of aromatic nitrogens is 1. The Hall–Kier alpha value is -1.95. The fraction of sp³-hybridized carbons (Fsp3) is 0.154. The normalized spacial score (nSPS) is 11.2. The van der Waals surface area contributed by atoms with Crippen LogP contribution in [0, 0.1) is 0 Å². The van der Waals surface area contributed by atoms with Crippen LogP contribution in [0.15, 0.2) is 42.5 Å². The minimum Gasteiger partial charge on any atom is -0.483 e. The average molecular weight is 304 g/mol. The Balaban J connectivity index is 2.09. The molecular formula is C13H9ClF3NO2. The molecule has 0 N–H and O–H groups in total. The van der Waals surface area contributed by atoms with Gasteiger partial charge in [-0.1, -0.05) is 29.8 Å². The molecule has 0 unspecified atom stereocenters. The Morgan fingerprint density at radius 2 is 1.70 bits per heavy atom. The Kier molecular flexibility index (Phi) is 4.34. The largest absolute Gasteiger partial charge is 0.573 e. The van der Waals surface area contributed by atoms with Gasteiger partial charge in [-0.25, -0.2) is 4.98 Å². The zero-order valence-electron chi connectivity index (χ0n) is 10.0. The molecule has 0 aliphatic rings. The van der Waals surface area contributed by atoms with Crippen molar-refractivity contribution in [1.82, 2.24) is 4.98 Å².